The number of nitrogens with zero attached hydrogens (tertiary/aromatic N) is 2. The summed E-state index contributed by atoms with van der Waals surface area (Å²) in [6, 6.07) is 16.4. The Balaban J connectivity index is 1.57. The van der Waals surface area contributed by atoms with Crippen LogP contribution in [0.25, 0.3) is 0 Å². The molecule has 1 fully saturated rings. The fourth-order valence-corrected chi connectivity index (χ4v) is 2.56. The van der Waals surface area contributed by atoms with Gasteiger partial charge in [-0.15, -0.1) is 0 Å². The van der Waals surface area contributed by atoms with Gasteiger partial charge in [0.15, 0.2) is 0 Å². The second-order valence-electron chi connectivity index (χ2n) is 5.81. The van der Waals surface area contributed by atoms with Crippen molar-refractivity contribution in [1.82, 2.24) is 0 Å². The molecule has 4 nitrogen and oxygen atoms in total. The molecule has 0 heterocycles. The van der Waals surface area contributed by atoms with Crippen molar-refractivity contribution in [3.8, 4) is 11.5 Å². The molecule has 4 heteroatoms. The molecule has 0 spiro atoms. The number of rotatable bonds is 6. The fraction of sp³-hybridized carbons (Fsp3) is 0.300. The molecule has 2 aromatic rings. The van der Waals surface area contributed by atoms with E-state index in [-0.39, 0.29) is 12.1 Å². The van der Waals surface area contributed by atoms with E-state index in [0.29, 0.717) is 0 Å². The van der Waals surface area contributed by atoms with E-state index in [1.807, 2.05) is 61.0 Å². The lowest BCUT2D eigenvalue weighted by Gasteiger charge is -2.30. The number of hydrogen-bond acceptors (Lipinski definition) is 4. The highest BCUT2D eigenvalue weighted by atomic mass is 16.5. The first kappa shape index (κ1) is 16.2. The van der Waals surface area contributed by atoms with Crippen LogP contribution >= 0.6 is 0 Å². The Morgan fingerprint density at radius 3 is 1.38 bits per heavy atom. The van der Waals surface area contributed by atoms with E-state index in [9.17, 15) is 0 Å². The molecule has 2 aromatic carbocycles. The molecule has 0 aromatic heterocycles. The summed E-state index contributed by atoms with van der Waals surface area (Å²) in [5, 5.41) is 0. The number of hydrogen-bond donors (Lipinski definition) is 0. The summed E-state index contributed by atoms with van der Waals surface area (Å²) in [4.78, 5) is 9.35. The summed E-state index contributed by atoms with van der Waals surface area (Å²) in [5.41, 5.74) is 2.17. The topological polar surface area (TPSA) is 43.2 Å². The van der Waals surface area contributed by atoms with Gasteiger partial charge in [-0.05, 0) is 72.5 Å². The molecule has 124 valence electrons. The standard InChI is InChI=1S/C20H22N2O2/c1-23-17-7-3-15(4-8-17)13-21-19-11-12-20(19)22-14-16-5-9-18(24-2)10-6-16/h3-10,13-14,19-20H,11-12H2,1-2H3/t19-,20+. The van der Waals surface area contributed by atoms with Crippen molar-refractivity contribution in [2.75, 3.05) is 14.2 Å². The first-order chi connectivity index (χ1) is 11.8. The van der Waals surface area contributed by atoms with Crippen molar-refractivity contribution in [1.29, 1.82) is 0 Å². The molecule has 1 aliphatic carbocycles. The molecule has 0 unspecified atom stereocenters. The van der Waals surface area contributed by atoms with Gasteiger partial charge in [-0.1, -0.05) is 0 Å². The minimum Gasteiger partial charge on any atom is -0.497 e. The van der Waals surface area contributed by atoms with E-state index in [0.717, 1.165) is 35.5 Å². The zero-order valence-corrected chi connectivity index (χ0v) is 14.1. The van der Waals surface area contributed by atoms with Gasteiger partial charge >= 0.3 is 0 Å². The molecule has 0 radical (unpaired) electrons. The smallest absolute Gasteiger partial charge is 0.118 e. The normalized spacial score (nSPS) is 20.2. The van der Waals surface area contributed by atoms with Crippen LogP contribution in [0.15, 0.2) is 58.5 Å². The van der Waals surface area contributed by atoms with E-state index < -0.39 is 0 Å². The molecule has 3 rings (SSSR count). The molecule has 0 aliphatic heterocycles. The third-order valence-corrected chi connectivity index (χ3v) is 4.26. The van der Waals surface area contributed by atoms with Crippen LogP contribution in [-0.2, 0) is 0 Å². The quantitative estimate of drug-likeness (QED) is 0.760. The molecular weight excluding hydrogens is 300 g/mol. The van der Waals surface area contributed by atoms with Crippen LogP contribution < -0.4 is 9.47 Å². The molecule has 1 aliphatic rings. The SMILES string of the molecule is COc1ccc(C=N[C@H]2CC[C@H]2N=Cc2ccc(OC)cc2)cc1. The van der Waals surface area contributed by atoms with Crippen LogP contribution in [0.3, 0.4) is 0 Å². The van der Waals surface area contributed by atoms with Gasteiger partial charge in [0, 0.05) is 12.4 Å². The second kappa shape index (κ2) is 7.77. The molecule has 2 atom stereocenters. The van der Waals surface area contributed by atoms with Gasteiger partial charge in [0.1, 0.15) is 11.5 Å². The molecule has 0 bridgehead atoms. The maximum Gasteiger partial charge on any atom is 0.118 e. The summed E-state index contributed by atoms with van der Waals surface area (Å²) in [6.45, 7) is 0. The van der Waals surface area contributed by atoms with Gasteiger partial charge in [-0.2, -0.15) is 0 Å². The van der Waals surface area contributed by atoms with Crippen LogP contribution in [0.1, 0.15) is 24.0 Å². The highest BCUT2D eigenvalue weighted by Gasteiger charge is 2.29. The largest absolute Gasteiger partial charge is 0.497 e. The average molecular weight is 322 g/mol. The maximum atomic E-state index is 5.16. The van der Waals surface area contributed by atoms with E-state index in [1.54, 1.807) is 14.2 Å². The lowest BCUT2D eigenvalue weighted by molar-refractivity contribution is 0.353. The fourth-order valence-electron chi connectivity index (χ4n) is 2.56. The van der Waals surface area contributed by atoms with Gasteiger partial charge in [-0.25, -0.2) is 0 Å². The Morgan fingerprint density at radius 2 is 1.08 bits per heavy atom. The lowest BCUT2D eigenvalue weighted by Crippen LogP contribution is -2.34. The maximum absolute atomic E-state index is 5.16. The Kier molecular flexibility index (Phi) is 5.26. The van der Waals surface area contributed by atoms with Crippen LogP contribution in [-0.4, -0.2) is 38.7 Å². The van der Waals surface area contributed by atoms with Crippen molar-refractivity contribution in [2.45, 2.75) is 24.9 Å². The summed E-state index contributed by atoms with van der Waals surface area (Å²) in [6.07, 6.45) is 6.05. The molecule has 0 N–H and O–H groups in total. The first-order valence-corrected chi connectivity index (χ1v) is 8.13. The van der Waals surface area contributed by atoms with Crippen molar-refractivity contribution < 1.29 is 9.47 Å². The molecule has 1 saturated carbocycles. The molecule has 24 heavy (non-hydrogen) atoms. The zero-order chi connectivity index (χ0) is 16.8. The van der Waals surface area contributed by atoms with Gasteiger partial charge in [0.2, 0.25) is 0 Å². The molecule has 0 saturated heterocycles. The van der Waals surface area contributed by atoms with Gasteiger partial charge in [-0.3, -0.25) is 9.98 Å². The Labute approximate surface area is 142 Å². The summed E-state index contributed by atoms with van der Waals surface area (Å²) in [7, 11) is 3.34. The predicted molar refractivity (Wildman–Crippen MR) is 98.0 cm³/mol. The number of ether oxygens (including phenoxy) is 2. The zero-order valence-electron chi connectivity index (χ0n) is 14.1. The van der Waals surface area contributed by atoms with E-state index in [4.69, 9.17) is 9.47 Å². The van der Waals surface area contributed by atoms with Crippen molar-refractivity contribution >= 4 is 12.4 Å². The predicted octanol–water partition coefficient (Wildman–Crippen LogP) is 3.77. The molecule has 0 amide bonds. The Hall–Kier alpha value is -2.62. The van der Waals surface area contributed by atoms with E-state index in [2.05, 4.69) is 9.98 Å². The minimum absolute atomic E-state index is 0.279. The van der Waals surface area contributed by atoms with Gasteiger partial charge in [0.25, 0.3) is 0 Å². The van der Waals surface area contributed by atoms with E-state index in [1.165, 1.54) is 0 Å². The lowest BCUT2D eigenvalue weighted by atomic mass is 9.87. The number of methoxy groups -OCH3 is 2. The molecular formula is C20H22N2O2. The van der Waals surface area contributed by atoms with Crippen molar-refractivity contribution in [2.24, 2.45) is 9.98 Å². The van der Waals surface area contributed by atoms with Gasteiger partial charge in [0.05, 0.1) is 26.3 Å². The van der Waals surface area contributed by atoms with Crippen LogP contribution in [0, 0.1) is 0 Å². The number of aliphatic imine (C=N–C) groups is 2. The number of benzene rings is 2. The second-order valence-corrected chi connectivity index (χ2v) is 5.81. The highest BCUT2D eigenvalue weighted by Crippen LogP contribution is 2.26. The van der Waals surface area contributed by atoms with Crippen LogP contribution in [0.5, 0.6) is 11.5 Å². The Bertz CT molecular complexity index is 642. The van der Waals surface area contributed by atoms with Crippen molar-refractivity contribution in [3.63, 3.8) is 0 Å². The van der Waals surface area contributed by atoms with Gasteiger partial charge < -0.3 is 9.47 Å². The van der Waals surface area contributed by atoms with E-state index >= 15 is 0 Å². The summed E-state index contributed by atoms with van der Waals surface area (Å²) < 4.78 is 10.3. The van der Waals surface area contributed by atoms with Crippen molar-refractivity contribution in [3.05, 3.63) is 59.7 Å². The summed E-state index contributed by atoms with van der Waals surface area (Å²) >= 11 is 0. The van der Waals surface area contributed by atoms with Crippen LogP contribution in [0.4, 0.5) is 0 Å². The third kappa shape index (κ3) is 4.02. The first-order valence-electron chi connectivity index (χ1n) is 8.13. The average Bonchev–Trinajstić information content (AvgIpc) is 2.62. The summed E-state index contributed by atoms with van der Waals surface area (Å²) in [5.74, 6) is 1.72. The monoisotopic (exact) mass is 322 g/mol. The minimum atomic E-state index is 0.279. The highest BCUT2D eigenvalue weighted by molar-refractivity contribution is 5.81. The Morgan fingerprint density at radius 1 is 0.708 bits per heavy atom. The third-order valence-electron chi connectivity index (χ3n) is 4.26. The van der Waals surface area contributed by atoms with Crippen LogP contribution in [0.2, 0.25) is 0 Å².